The monoisotopic (exact) mass is 224 g/mol. The number of hydrogen-bond donors (Lipinski definition) is 3. The van der Waals surface area contributed by atoms with Gasteiger partial charge in [-0.05, 0) is 26.7 Å². The highest BCUT2D eigenvalue weighted by atomic mass is 16.2. The number of aliphatic hydroxyl groups excluding tert-OH is 1. The second-order valence-corrected chi connectivity index (χ2v) is 3.70. The number of rotatable bonds is 6. The molecule has 1 rings (SSSR count). The van der Waals surface area contributed by atoms with Crippen molar-refractivity contribution in [3.05, 3.63) is 11.4 Å². The zero-order chi connectivity index (χ0) is 12.0. The van der Waals surface area contributed by atoms with Crippen LogP contribution in [0.4, 0.5) is 11.6 Å². The first kappa shape index (κ1) is 12.7. The highest BCUT2D eigenvalue weighted by Crippen LogP contribution is 2.19. The molecule has 0 aliphatic rings. The predicted octanol–water partition coefficient (Wildman–Crippen LogP) is 1.32. The second kappa shape index (κ2) is 6.27. The molecule has 1 heterocycles. The first-order chi connectivity index (χ1) is 7.69. The van der Waals surface area contributed by atoms with Crippen LogP contribution in [0.25, 0.3) is 0 Å². The van der Waals surface area contributed by atoms with Crippen LogP contribution in [-0.2, 0) is 0 Å². The second-order valence-electron chi connectivity index (χ2n) is 3.70. The minimum Gasteiger partial charge on any atom is -0.396 e. The zero-order valence-electron chi connectivity index (χ0n) is 10.2. The molecule has 0 bridgehead atoms. The molecular formula is C11H20N4O. The summed E-state index contributed by atoms with van der Waals surface area (Å²) in [6.45, 7) is 4.92. The summed E-state index contributed by atoms with van der Waals surface area (Å²) in [5.74, 6) is 2.48. The van der Waals surface area contributed by atoms with E-state index in [1.165, 1.54) is 0 Å². The Kier molecular flexibility index (Phi) is 4.98. The summed E-state index contributed by atoms with van der Waals surface area (Å²) < 4.78 is 0. The van der Waals surface area contributed by atoms with Crippen LogP contribution in [0.2, 0.25) is 0 Å². The van der Waals surface area contributed by atoms with Crippen molar-refractivity contribution in [1.82, 2.24) is 9.97 Å². The Bertz CT molecular complexity index is 341. The van der Waals surface area contributed by atoms with Gasteiger partial charge in [0, 0.05) is 25.8 Å². The standard InChI is InChI=1S/C11H20N4O/c1-8-10(12-3)14-9(2)15-11(8)13-6-4-5-7-16/h16H,4-7H2,1-3H3,(H2,12,13,14,15). The van der Waals surface area contributed by atoms with Gasteiger partial charge in [0.2, 0.25) is 0 Å². The Morgan fingerprint density at radius 3 is 2.44 bits per heavy atom. The fourth-order valence-corrected chi connectivity index (χ4v) is 1.49. The first-order valence-corrected chi connectivity index (χ1v) is 5.56. The van der Waals surface area contributed by atoms with Crippen LogP contribution in [0.5, 0.6) is 0 Å². The van der Waals surface area contributed by atoms with Crippen molar-refractivity contribution in [3.8, 4) is 0 Å². The number of aliphatic hydroxyl groups is 1. The van der Waals surface area contributed by atoms with Crippen molar-refractivity contribution in [2.24, 2.45) is 0 Å². The van der Waals surface area contributed by atoms with Gasteiger partial charge in [0.25, 0.3) is 0 Å². The highest BCUT2D eigenvalue weighted by Gasteiger charge is 2.06. The van der Waals surface area contributed by atoms with Crippen LogP contribution in [0.3, 0.4) is 0 Å². The smallest absolute Gasteiger partial charge is 0.134 e. The van der Waals surface area contributed by atoms with Crippen LogP contribution in [0.15, 0.2) is 0 Å². The van der Waals surface area contributed by atoms with Crippen molar-refractivity contribution >= 4 is 11.6 Å². The molecule has 5 nitrogen and oxygen atoms in total. The number of hydrogen-bond acceptors (Lipinski definition) is 5. The van der Waals surface area contributed by atoms with Gasteiger partial charge in [0.1, 0.15) is 17.5 Å². The van der Waals surface area contributed by atoms with E-state index in [1.807, 2.05) is 20.9 Å². The van der Waals surface area contributed by atoms with E-state index in [0.29, 0.717) is 0 Å². The summed E-state index contributed by atoms with van der Waals surface area (Å²) in [6.07, 6.45) is 1.75. The molecule has 1 aromatic rings. The third-order valence-corrected chi connectivity index (χ3v) is 2.37. The fourth-order valence-electron chi connectivity index (χ4n) is 1.49. The van der Waals surface area contributed by atoms with Gasteiger partial charge in [-0.2, -0.15) is 0 Å². The van der Waals surface area contributed by atoms with Gasteiger partial charge in [0.05, 0.1) is 0 Å². The lowest BCUT2D eigenvalue weighted by molar-refractivity contribution is 0.286. The minimum atomic E-state index is 0.241. The number of anilines is 2. The Morgan fingerprint density at radius 2 is 1.81 bits per heavy atom. The molecule has 16 heavy (non-hydrogen) atoms. The lowest BCUT2D eigenvalue weighted by Crippen LogP contribution is -2.09. The third-order valence-electron chi connectivity index (χ3n) is 2.37. The van der Waals surface area contributed by atoms with Crippen molar-refractivity contribution in [2.45, 2.75) is 26.7 Å². The Balaban J connectivity index is 2.67. The lowest BCUT2D eigenvalue weighted by Gasteiger charge is -2.12. The van der Waals surface area contributed by atoms with Gasteiger partial charge >= 0.3 is 0 Å². The predicted molar refractivity (Wildman–Crippen MR) is 65.9 cm³/mol. The third kappa shape index (κ3) is 3.34. The lowest BCUT2D eigenvalue weighted by atomic mass is 10.3. The average molecular weight is 224 g/mol. The maximum atomic E-state index is 8.68. The molecule has 0 saturated carbocycles. The molecule has 0 amide bonds. The van der Waals surface area contributed by atoms with Crippen LogP contribution >= 0.6 is 0 Å². The molecule has 0 atom stereocenters. The van der Waals surface area contributed by atoms with Gasteiger partial charge in [-0.1, -0.05) is 0 Å². The van der Waals surface area contributed by atoms with Crippen LogP contribution in [-0.4, -0.2) is 35.3 Å². The number of aryl methyl sites for hydroxylation is 1. The number of nitrogens with zero attached hydrogens (tertiary/aromatic N) is 2. The van der Waals surface area contributed by atoms with E-state index in [1.54, 1.807) is 0 Å². The molecule has 0 aromatic carbocycles. The molecule has 5 heteroatoms. The maximum Gasteiger partial charge on any atom is 0.134 e. The summed E-state index contributed by atoms with van der Waals surface area (Å²) >= 11 is 0. The summed E-state index contributed by atoms with van der Waals surface area (Å²) in [5.41, 5.74) is 1.03. The topological polar surface area (TPSA) is 70.1 Å². The quantitative estimate of drug-likeness (QED) is 0.636. The average Bonchev–Trinajstić information content (AvgIpc) is 2.28. The minimum absolute atomic E-state index is 0.241. The molecule has 0 saturated heterocycles. The van der Waals surface area contributed by atoms with E-state index in [0.717, 1.165) is 42.4 Å². The Hall–Kier alpha value is -1.36. The first-order valence-electron chi connectivity index (χ1n) is 5.56. The summed E-state index contributed by atoms with van der Waals surface area (Å²) in [6, 6.07) is 0. The maximum absolute atomic E-state index is 8.68. The molecule has 0 radical (unpaired) electrons. The van der Waals surface area contributed by atoms with Gasteiger partial charge in [-0.25, -0.2) is 9.97 Å². The summed E-state index contributed by atoms with van der Waals surface area (Å²) in [5, 5.41) is 15.0. The Morgan fingerprint density at radius 1 is 1.12 bits per heavy atom. The van der Waals surface area contributed by atoms with Crippen molar-refractivity contribution < 1.29 is 5.11 Å². The molecule has 1 aromatic heterocycles. The molecular weight excluding hydrogens is 204 g/mol. The number of nitrogens with one attached hydrogen (secondary N) is 2. The van der Waals surface area contributed by atoms with Gasteiger partial charge in [0.15, 0.2) is 0 Å². The fraction of sp³-hybridized carbons (Fsp3) is 0.636. The van der Waals surface area contributed by atoms with Crippen molar-refractivity contribution in [2.75, 3.05) is 30.8 Å². The van der Waals surface area contributed by atoms with E-state index in [4.69, 9.17) is 5.11 Å². The number of aromatic nitrogens is 2. The van der Waals surface area contributed by atoms with E-state index >= 15 is 0 Å². The van der Waals surface area contributed by atoms with E-state index in [2.05, 4.69) is 20.6 Å². The van der Waals surface area contributed by atoms with Crippen molar-refractivity contribution in [3.63, 3.8) is 0 Å². The molecule has 0 spiro atoms. The van der Waals surface area contributed by atoms with Crippen LogP contribution < -0.4 is 10.6 Å². The van der Waals surface area contributed by atoms with Gasteiger partial charge in [-0.15, -0.1) is 0 Å². The van der Waals surface area contributed by atoms with E-state index in [9.17, 15) is 0 Å². The van der Waals surface area contributed by atoms with Crippen LogP contribution in [0, 0.1) is 13.8 Å². The summed E-state index contributed by atoms with van der Waals surface area (Å²) in [4.78, 5) is 8.65. The van der Waals surface area contributed by atoms with Gasteiger partial charge < -0.3 is 15.7 Å². The molecule has 0 aliphatic heterocycles. The SMILES string of the molecule is CNc1nc(C)nc(NCCCCO)c1C. The largest absolute Gasteiger partial charge is 0.396 e. The summed E-state index contributed by atoms with van der Waals surface area (Å²) in [7, 11) is 1.85. The highest BCUT2D eigenvalue weighted by molar-refractivity contribution is 5.56. The molecule has 90 valence electrons. The Labute approximate surface area is 96.3 Å². The normalized spacial score (nSPS) is 10.2. The zero-order valence-corrected chi connectivity index (χ0v) is 10.2. The van der Waals surface area contributed by atoms with Gasteiger partial charge in [-0.3, -0.25) is 0 Å². The molecule has 0 aliphatic carbocycles. The van der Waals surface area contributed by atoms with Crippen LogP contribution in [0.1, 0.15) is 24.2 Å². The van der Waals surface area contributed by atoms with E-state index < -0.39 is 0 Å². The molecule has 0 fully saturated rings. The molecule has 0 unspecified atom stereocenters. The number of unbranched alkanes of at least 4 members (excludes halogenated alkanes) is 1. The van der Waals surface area contributed by atoms with E-state index in [-0.39, 0.29) is 6.61 Å². The van der Waals surface area contributed by atoms with Crippen molar-refractivity contribution in [1.29, 1.82) is 0 Å². The molecule has 3 N–H and O–H groups in total.